The number of halogens is 4. The van der Waals surface area contributed by atoms with Crippen LogP contribution in [0.25, 0.3) is 0 Å². The lowest BCUT2D eigenvalue weighted by atomic mass is 10.2. The number of rotatable bonds is 6. The Labute approximate surface area is 103 Å². The molecule has 1 rings (SSSR count). The molecule has 1 aromatic heterocycles. The summed E-state index contributed by atoms with van der Waals surface area (Å²) >= 11 is 0. The summed E-state index contributed by atoms with van der Waals surface area (Å²) in [5, 5.41) is 2.77. The first-order valence-corrected chi connectivity index (χ1v) is 5.44. The fraction of sp³-hybridized carbons (Fsp3) is 0.545. The summed E-state index contributed by atoms with van der Waals surface area (Å²) in [6.07, 6.45) is -1.93. The van der Waals surface area contributed by atoms with Crippen LogP contribution in [0.4, 0.5) is 17.6 Å². The second kappa shape index (κ2) is 6.65. The molecular weight excluding hydrogens is 250 g/mol. The highest BCUT2D eigenvalue weighted by atomic mass is 19.4. The Hall–Kier alpha value is -1.21. The lowest BCUT2D eigenvalue weighted by Gasteiger charge is -2.23. The molecule has 0 aromatic carbocycles. The van der Waals surface area contributed by atoms with Crippen LogP contribution in [0.5, 0.6) is 0 Å². The Morgan fingerprint density at radius 2 is 2.11 bits per heavy atom. The van der Waals surface area contributed by atoms with Gasteiger partial charge in [0.15, 0.2) is 0 Å². The lowest BCUT2D eigenvalue weighted by molar-refractivity contribution is -0.147. The number of aromatic nitrogens is 1. The molecule has 1 N–H and O–H groups in total. The van der Waals surface area contributed by atoms with Gasteiger partial charge in [0.2, 0.25) is 0 Å². The van der Waals surface area contributed by atoms with E-state index in [0.29, 0.717) is 6.54 Å². The highest BCUT2D eigenvalue weighted by Crippen LogP contribution is 2.18. The number of pyridine rings is 1. The van der Waals surface area contributed by atoms with Gasteiger partial charge in [-0.05, 0) is 13.1 Å². The van der Waals surface area contributed by atoms with E-state index in [1.165, 1.54) is 12.3 Å². The molecule has 0 amide bonds. The predicted octanol–water partition coefficient (Wildman–Crippen LogP) is 1.80. The maximum absolute atomic E-state index is 13.3. The molecule has 3 nitrogen and oxygen atoms in total. The highest BCUT2D eigenvalue weighted by molar-refractivity contribution is 5.12. The van der Waals surface area contributed by atoms with E-state index in [1.54, 1.807) is 7.05 Å². The van der Waals surface area contributed by atoms with Crippen LogP contribution >= 0.6 is 0 Å². The molecule has 0 radical (unpaired) electrons. The van der Waals surface area contributed by atoms with Crippen molar-refractivity contribution in [1.29, 1.82) is 0 Å². The number of hydrogen-bond donors (Lipinski definition) is 1. The first-order valence-electron chi connectivity index (χ1n) is 5.44. The summed E-state index contributed by atoms with van der Waals surface area (Å²) in [4.78, 5) is 4.71. The summed E-state index contributed by atoms with van der Waals surface area (Å²) in [6.45, 7) is -0.549. The molecule has 102 valence electrons. The first-order chi connectivity index (χ1) is 8.42. The Kier molecular flexibility index (Phi) is 5.49. The van der Waals surface area contributed by atoms with Gasteiger partial charge < -0.3 is 5.32 Å². The molecule has 0 atom stereocenters. The normalized spacial score (nSPS) is 12.1. The largest absolute Gasteiger partial charge is 0.401 e. The number of alkyl halides is 3. The molecule has 0 spiro atoms. The average molecular weight is 265 g/mol. The Morgan fingerprint density at radius 1 is 1.39 bits per heavy atom. The number of likely N-dealkylation sites (N-methyl/N-ethyl adjacent to an activating group) is 1. The van der Waals surface area contributed by atoms with E-state index < -0.39 is 18.5 Å². The van der Waals surface area contributed by atoms with Gasteiger partial charge in [0, 0.05) is 31.4 Å². The zero-order valence-electron chi connectivity index (χ0n) is 9.97. The van der Waals surface area contributed by atoms with Gasteiger partial charge in [-0.3, -0.25) is 9.88 Å². The molecule has 0 fully saturated rings. The van der Waals surface area contributed by atoms with Crippen molar-refractivity contribution in [2.45, 2.75) is 12.7 Å². The molecule has 0 aliphatic carbocycles. The molecule has 1 aromatic rings. The Balaban J connectivity index is 2.69. The standard InChI is InChI=1S/C11H15F4N3/c1-16-4-5-18(8-11(13,14)15)7-9-2-3-17-6-10(9)12/h2-3,6,16H,4-5,7-8H2,1H3. The molecule has 7 heteroatoms. The van der Waals surface area contributed by atoms with Crippen molar-refractivity contribution in [2.75, 3.05) is 26.7 Å². The van der Waals surface area contributed by atoms with Gasteiger partial charge in [-0.25, -0.2) is 4.39 Å². The molecular formula is C11H15F4N3. The monoisotopic (exact) mass is 265 g/mol. The van der Waals surface area contributed by atoms with Crippen molar-refractivity contribution >= 4 is 0 Å². The Bertz CT molecular complexity index is 368. The fourth-order valence-electron chi connectivity index (χ4n) is 1.51. The van der Waals surface area contributed by atoms with E-state index >= 15 is 0 Å². The van der Waals surface area contributed by atoms with Crippen molar-refractivity contribution in [3.05, 3.63) is 29.8 Å². The maximum Gasteiger partial charge on any atom is 0.401 e. The van der Waals surface area contributed by atoms with Crippen molar-refractivity contribution in [3.63, 3.8) is 0 Å². The fourth-order valence-corrected chi connectivity index (χ4v) is 1.51. The molecule has 0 unspecified atom stereocenters. The number of nitrogens with one attached hydrogen (secondary N) is 1. The smallest absolute Gasteiger partial charge is 0.318 e. The zero-order chi connectivity index (χ0) is 13.6. The second-order valence-corrected chi connectivity index (χ2v) is 3.90. The van der Waals surface area contributed by atoms with Gasteiger partial charge in [0.1, 0.15) is 5.82 Å². The van der Waals surface area contributed by atoms with Gasteiger partial charge in [0.25, 0.3) is 0 Å². The maximum atomic E-state index is 13.3. The Morgan fingerprint density at radius 3 is 2.67 bits per heavy atom. The minimum Gasteiger partial charge on any atom is -0.318 e. The molecule has 0 aliphatic heterocycles. The quantitative estimate of drug-likeness (QED) is 0.795. The van der Waals surface area contributed by atoms with E-state index in [0.717, 1.165) is 11.1 Å². The van der Waals surface area contributed by atoms with Gasteiger partial charge in [0.05, 0.1) is 12.7 Å². The topological polar surface area (TPSA) is 28.2 Å². The second-order valence-electron chi connectivity index (χ2n) is 3.90. The van der Waals surface area contributed by atoms with Crippen LogP contribution < -0.4 is 5.32 Å². The van der Waals surface area contributed by atoms with Crippen LogP contribution in [0.3, 0.4) is 0 Å². The number of nitrogens with zero attached hydrogens (tertiary/aromatic N) is 2. The van der Waals surface area contributed by atoms with Crippen LogP contribution in [-0.4, -0.2) is 42.7 Å². The van der Waals surface area contributed by atoms with Gasteiger partial charge in [-0.1, -0.05) is 0 Å². The van der Waals surface area contributed by atoms with Gasteiger partial charge in [-0.15, -0.1) is 0 Å². The molecule has 0 aliphatic rings. The third-order valence-electron chi connectivity index (χ3n) is 2.33. The molecule has 18 heavy (non-hydrogen) atoms. The van der Waals surface area contributed by atoms with Crippen molar-refractivity contribution in [3.8, 4) is 0 Å². The van der Waals surface area contributed by atoms with E-state index in [9.17, 15) is 17.6 Å². The van der Waals surface area contributed by atoms with Crippen LogP contribution in [0, 0.1) is 5.82 Å². The number of hydrogen-bond acceptors (Lipinski definition) is 3. The molecule has 0 saturated heterocycles. The first kappa shape index (κ1) is 14.8. The lowest BCUT2D eigenvalue weighted by Crippen LogP contribution is -2.37. The third kappa shape index (κ3) is 5.42. The third-order valence-corrected chi connectivity index (χ3v) is 2.33. The minimum atomic E-state index is -4.29. The summed E-state index contributed by atoms with van der Waals surface area (Å²) in [5.74, 6) is -0.589. The van der Waals surface area contributed by atoms with E-state index in [2.05, 4.69) is 10.3 Å². The molecule has 0 saturated carbocycles. The molecule has 0 bridgehead atoms. The predicted molar refractivity (Wildman–Crippen MR) is 59.5 cm³/mol. The van der Waals surface area contributed by atoms with Crippen LogP contribution in [0.2, 0.25) is 0 Å². The van der Waals surface area contributed by atoms with Crippen LogP contribution in [0.1, 0.15) is 5.56 Å². The summed E-state index contributed by atoms with van der Waals surface area (Å²) in [7, 11) is 1.65. The van der Waals surface area contributed by atoms with E-state index in [4.69, 9.17) is 0 Å². The minimum absolute atomic E-state index is 0.0878. The van der Waals surface area contributed by atoms with Crippen molar-refractivity contribution in [1.82, 2.24) is 15.2 Å². The average Bonchev–Trinajstić information content (AvgIpc) is 2.27. The van der Waals surface area contributed by atoms with Crippen molar-refractivity contribution < 1.29 is 17.6 Å². The summed E-state index contributed by atoms with van der Waals surface area (Å²) in [5.41, 5.74) is 0.213. The van der Waals surface area contributed by atoms with Crippen molar-refractivity contribution in [2.24, 2.45) is 0 Å². The molecule has 1 heterocycles. The van der Waals surface area contributed by atoms with E-state index in [1.807, 2.05) is 0 Å². The van der Waals surface area contributed by atoms with Crippen LogP contribution in [0.15, 0.2) is 18.5 Å². The van der Waals surface area contributed by atoms with Gasteiger partial charge >= 0.3 is 6.18 Å². The van der Waals surface area contributed by atoms with Crippen LogP contribution in [-0.2, 0) is 6.54 Å². The highest BCUT2D eigenvalue weighted by Gasteiger charge is 2.30. The zero-order valence-corrected chi connectivity index (χ0v) is 9.97. The summed E-state index contributed by atoms with van der Waals surface area (Å²) < 4.78 is 50.4. The summed E-state index contributed by atoms with van der Waals surface area (Å²) in [6, 6.07) is 1.39. The van der Waals surface area contributed by atoms with Gasteiger partial charge in [-0.2, -0.15) is 13.2 Å². The SMILES string of the molecule is CNCCN(Cc1ccncc1F)CC(F)(F)F. The van der Waals surface area contributed by atoms with E-state index in [-0.39, 0.29) is 18.7 Å².